The van der Waals surface area contributed by atoms with Gasteiger partial charge >= 0.3 is 0 Å². The first kappa shape index (κ1) is 21.8. The Morgan fingerprint density at radius 1 is 1.21 bits per heavy atom. The zero-order chi connectivity index (χ0) is 20.7. The van der Waals surface area contributed by atoms with E-state index in [1.165, 1.54) is 6.42 Å². The highest BCUT2D eigenvalue weighted by Crippen LogP contribution is 2.22. The molecule has 0 unspecified atom stereocenters. The van der Waals surface area contributed by atoms with Gasteiger partial charge in [-0.05, 0) is 50.8 Å². The highest BCUT2D eigenvalue weighted by molar-refractivity contribution is 7.90. The van der Waals surface area contributed by atoms with Gasteiger partial charge in [-0.1, -0.05) is 25.5 Å². The van der Waals surface area contributed by atoms with Crippen molar-refractivity contribution in [2.45, 2.75) is 62.8 Å². The second-order valence-corrected chi connectivity index (χ2v) is 9.48. The van der Waals surface area contributed by atoms with E-state index in [0.29, 0.717) is 30.4 Å². The molecule has 0 aliphatic carbocycles. The average molecular weight is 421 g/mol. The van der Waals surface area contributed by atoms with Gasteiger partial charge in [-0.3, -0.25) is 14.5 Å². The third-order valence-electron chi connectivity index (χ3n) is 5.49. The van der Waals surface area contributed by atoms with Crippen molar-refractivity contribution in [2.24, 2.45) is 4.99 Å². The van der Waals surface area contributed by atoms with Crippen LogP contribution in [0.1, 0.15) is 57.4 Å². The summed E-state index contributed by atoms with van der Waals surface area (Å²) >= 11 is 0. The number of unbranched alkanes of at least 4 members (excludes halogenated alkanes) is 2. The number of nitrogens with zero attached hydrogens (tertiary/aromatic N) is 2. The molecule has 0 aromatic heterocycles. The van der Waals surface area contributed by atoms with Gasteiger partial charge in [0.1, 0.15) is 5.84 Å². The van der Waals surface area contributed by atoms with E-state index in [1.54, 1.807) is 18.2 Å². The monoisotopic (exact) mass is 420 g/mol. The second kappa shape index (κ2) is 10.2. The van der Waals surface area contributed by atoms with E-state index in [1.807, 2.05) is 6.07 Å². The van der Waals surface area contributed by atoms with Crippen molar-refractivity contribution in [3.63, 3.8) is 0 Å². The van der Waals surface area contributed by atoms with Crippen LogP contribution in [0.2, 0.25) is 0 Å². The first-order valence-electron chi connectivity index (χ1n) is 10.7. The number of aliphatic imine (C=N–C) groups is 1. The van der Waals surface area contributed by atoms with Gasteiger partial charge in [-0.25, -0.2) is 8.42 Å². The van der Waals surface area contributed by atoms with E-state index in [0.717, 1.165) is 51.7 Å². The molecule has 29 heavy (non-hydrogen) atoms. The van der Waals surface area contributed by atoms with Crippen molar-refractivity contribution >= 4 is 21.8 Å². The highest BCUT2D eigenvalue weighted by atomic mass is 32.2. The Balaban J connectivity index is 1.32. The number of piperidine rings is 1. The Kier molecular flexibility index (Phi) is 7.66. The minimum atomic E-state index is -3.47. The van der Waals surface area contributed by atoms with E-state index >= 15 is 0 Å². The summed E-state index contributed by atoms with van der Waals surface area (Å²) < 4.78 is 26.6. The standard InChI is InChI=1S/C21H32N4O3S/c1-2-14-25-15-11-17(12-16-25)23-20(26)10-4-3-7-13-22-21-18-8-5-6-9-19(18)29(27,28)24-21/h5-6,8-9,17H,2-4,7,10-16H2,1H3,(H,22,24)(H,23,26). The molecule has 1 fully saturated rings. The molecule has 0 radical (unpaired) electrons. The third kappa shape index (κ3) is 6.02. The molecule has 2 aliphatic rings. The number of hydrogen-bond donors (Lipinski definition) is 2. The molecule has 0 atom stereocenters. The number of likely N-dealkylation sites (tertiary alicyclic amines) is 1. The Bertz CT molecular complexity index is 830. The molecular weight excluding hydrogens is 388 g/mol. The zero-order valence-corrected chi connectivity index (χ0v) is 18.0. The van der Waals surface area contributed by atoms with Gasteiger partial charge in [0.25, 0.3) is 10.0 Å². The lowest BCUT2D eigenvalue weighted by Crippen LogP contribution is -2.44. The smallest absolute Gasteiger partial charge is 0.263 e. The Hall–Kier alpha value is -1.93. The summed E-state index contributed by atoms with van der Waals surface area (Å²) in [6, 6.07) is 7.19. The summed E-state index contributed by atoms with van der Waals surface area (Å²) in [4.78, 5) is 19.3. The molecule has 2 aliphatic heterocycles. The summed E-state index contributed by atoms with van der Waals surface area (Å²) in [7, 11) is -3.47. The van der Waals surface area contributed by atoms with Crippen molar-refractivity contribution in [1.29, 1.82) is 0 Å². The molecule has 3 rings (SSSR count). The van der Waals surface area contributed by atoms with Crippen LogP contribution in [0.4, 0.5) is 0 Å². The van der Waals surface area contributed by atoms with Crippen LogP contribution in [0.3, 0.4) is 0 Å². The summed E-state index contributed by atoms with van der Waals surface area (Å²) in [5.74, 6) is 0.565. The lowest BCUT2D eigenvalue weighted by atomic mass is 10.0. The predicted octanol–water partition coefficient (Wildman–Crippen LogP) is 2.28. The fourth-order valence-corrected chi connectivity index (χ4v) is 5.18. The van der Waals surface area contributed by atoms with Crippen molar-refractivity contribution in [3.8, 4) is 0 Å². The number of rotatable bonds is 9. The van der Waals surface area contributed by atoms with Crippen LogP contribution in [0.15, 0.2) is 34.2 Å². The number of benzene rings is 1. The van der Waals surface area contributed by atoms with Crippen LogP contribution in [0.5, 0.6) is 0 Å². The number of fused-ring (bicyclic) bond motifs is 1. The van der Waals surface area contributed by atoms with Crippen LogP contribution in [0.25, 0.3) is 0 Å². The molecule has 0 saturated carbocycles. The van der Waals surface area contributed by atoms with Crippen LogP contribution >= 0.6 is 0 Å². The molecule has 1 saturated heterocycles. The zero-order valence-electron chi connectivity index (χ0n) is 17.2. The Morgan fingerprint density at radius 3 is 2.72 bits per heavy atom. The van der Waals surface area contributed by atoms with Gasteiger partial charge in [0, 0.05) is 37.7 Å². The number of hydrogen-bond acceptors (Lipinski definition) is 5. The van der Waals surface area contributed by atoms with E-state index in [9.17, 15) is 13.2 Å². The largest absolute Gasteiger partial charge is 0.353 e. The molecule has 1 aromatic carbocycles. The fraction of sp³-hybridized carbons (Fsp3) is 0.619. The van der Waals surface area contributed by atoms with Gasteiger partial charge in [-0.2, -0.15) is 0 Å². The number of sulfonamides is 1. The molecule has 1 aromatic rings. The molecule has 1 amide bonds. The van der Waals surface area contributed by atoms with Crippen LogP contribution in [-0.4, -0.2) is 57.3 Å². The summed E-state index contributed by atoms with van der Waals surface area (Å²) in [6.45, 7) is 6.05. The maximum atomic E-state index is 12.1. The lowest BCUT2D eigenvalue weighted by molar-refractivity contribution is -0.122. The number of carbonyl (C=O) groups is 1. The predicted molar refractivity (Wildman–Crippen MR) is 115 cm³/mol. The van der Waals surface area contributed by atoms with Gasteiger partial charge in [-0.15, -0.1) is 0 Å². The minimum Gasteiger partial charge on any atom is -0.353 e. The molecule has 0 spiro atoms. The van der Waals surface area contributed by atoms with Crippen LogP contribution in [0, 0.1) is 0 Å². The second-order valence-electron chi connectivity index (χ2n) is 7.83. The number of nitrogens with one attached hydrogen (secondary N) is 2. The molecule has 2 N–H and O–H groups in total. The van der Waals surface area contributed by atoms with Gasteiger partial charge in [0.15, 0.2) is 0 Å². The van der Waals surface area contributed by atoms with Crippen LogP contribution in [-0.2, 0) is 14.8 Å². The molecule has 2 heterocycles. The summed E-state index contributed by atoms with van der Waals surface area (Å²) in [5, 5.41) is 3.17. The first-order chi connectivity index (χ1) is 14.0. The SMILES string of the molecule is CCCN1CCC(NC(=O)CCCCCN=C2NS(=O)(=O)c3ccccc32)CC1. The fourth-order valence-electron chi connectivity index (χ4n) is 3.93. The van der Waals surface area contributed by atoms with E-state index in [2.05, 4.69) is 26.9 Å². The van der Waals surface area contributed by atoms with E-state index < -0.39 is 10.0 Å². The van der Waals surface area contributed by atoms with E-state index in [-0.39, 0.29) is 10.8 Å². The van der Waals surface area contributed by atoms with Crippen molar-refractivity contribution in [3.05, 3.63) is 29.8 Å². The summed E-state index contributed by atoms with van der Waals surface area (Å²) in [6.07, 6.45) is 6.36. The topological polar surface area (TPSA) is 90.9 Å². The van der Waals surface area contributed by atoms with Gasteiger partial charge in [0.05, 0.1) is 4.90 Å². The maximum Gasteiger partial charge on any atom is 0.263 e. The maximum absolute atomic E-state index is 12.1. The molecule has 7 nitrogen and oxygen atoms in total. The highest BCUT2D eigenvalue weighted by Gasteiger charge is 2.29. The average Bonchev–Trinajstić information content (AvgIpc) is 2.97. The quantitative estimate of drug-likeness (QED) is 0.600. The van der Waals surface area contributed by atoms with Crippen molar-refractivity contribution < 1.29 is 13.2 Å². The normalized spacial score (nSPS) is 20.4. The molecule has 160 valence electrons. The van der Waals surface area contributed by atoms with E-state index in [4.69, 9.17) is 0 Å². The number of amides is 1. The van der Waals surface area contributed by atoms with Crippen molar-refractivity contribution in [2.75, 3.05) is 26.2 Å². The lowest BCUT2D eigenvalue weighted by Gasteiger charge is -2.32. The van der Waals surface area contributed by atoms with Gasteiger partial charge < -0.3 is 10.2 Å². The Morgan fingerprint density at radius 2 is 1.97 bits per heavy atom. The van der Waals surface area contributed by atoms with Crippen molar-refractivity contribution in [1.82, 2.24) is 14.9 Å². The minimum absolute atomic E-state index is 0.141. The van der Waals surface area contributed by atoms with Crippen LogP contribution < -0.4 is 10.0 Å². The third-order valence-corrected chi connectivity index (χ3v) is 6.88. The Labute approximate surface area is 174 Å². The first-order valence-corrected chi connectivity index (χ1v) is 12.2. The molecule has 8 heteroatoms. The molecular formula is C21H32N4O3S. The summed E-state index contributed by atoms with van der Waals surface area (Å²) in [5.41, 5.74) is 0.636. The number of carbonyl (C=O) groups excluding carboxylic acids is 1. The molecule has 0 bridgehead atoms. The van der Waals surface area contributed by atoms with Gasteiger partial charge in [0.2, 0.25) is 5.91 Å². The number of amidine groups is 1.